The van der Waals surface area contributed by atoms with Crippen molar-refractivity contribution in [3.63, 3.8) is 0 Å². The fourth-order valence-corrected chi connectivity index (χ4v) is 10.0. The Morgan fingerprint density at radius 3 is 0.793 bits per heavy atom. The molecule has 0 amide bonds. The summed E-state index contributed by atoms with van der Waals surface area (Å²) in [5, 5.41) is 0. The van der Waals surface area contributed by atoms with Crippen molar-refractivity contribution in [3.05, 3.63) is 97.2 Å². The van der Waals surface area contributed by atoms with Crippen LogP contribution in [0.2, 0.25) is 0 Å². The zero-order chi connectivity index (χ0) is 59.2. The summed E-state index contributed by atoms with van der Waals surface area (Å²) in [4.78, 5) is 38.4. The van der Waals surface area contributed by atoms with Gasteiger partial charge in [-0.25, -0.2) is 0 Å². The third-order valence-corrected chi connectivity index (χ3v) is 15.3. The Morgan fingerprint density at radius 2 is 0.488 bits per heavy atom. The van der Waals surface area contributed by atoms with Crippen molar-refractivity contribution in [2.24, 2.45) is 0 Å². The van der Waals surface area contributed by atoms with Gasteiger partial charge >= 0.3 is 17.9 Å². The zero-order valence-electron chi connectivity index (χ0n) is 54.2. The number of carbonyl (C=O) groups excluding carboxylic acids is 3. The molecule has 0 aliphatic heterocycles. The summed E-state index contributed by atoms with van der Waals surface area (Å²) in [6, 6.07) is 0. The minimum atomic E-state index is -0.787. The number of carbonyl (C=O) groups is 3. The second-order valence-electron chi connectivity index (χ2n) is 23.4. The van der Waals surface area contributed by atoms with E-state index >= 15 is 0 Å². The lowest BCUT2D eigenvalue weighted by Gasteiger charge is -2.18. The first-order chi connectivity index (χ1) is 40.5. The van der Waals surface area contributed by atoms with Gasteiger partial charge in [-0.2, -0.15) is 0 Å². The second-order valence-corrected chi connectivity index (χ2v) is 23.4. The highest BCUT2D eigenvalue weighted by Gasteiger charge is 2.19. The molecule has 1 unspecified atom stereocenters. The molecule has 0 aromatic rings. The third kappa shape index (κ3) is 67.1. The maximum Gasteiger partial charge on any atom is 0.306 e. The molecule has 0 rings (SSSR count). The first-order valence-electron chi connectivity index (χ1n) is 35.2. The van der Waals surface area contributed by atoms with E-state index in [2.05, 4.69) is 118 Å². The summed E-state index contributed by atoms with van der Waals surface area (Å²) in [5.41, 5.74) is 0. The van der Waals surface area contributed by atoms with Crippen molar-refractivity contribution < 1.29 is 28.6 Å². The molecular formula is C76H132O6. The van der Waals surface area contributed by atoms with E-state index in [4.69, 9.17) is 14.2 Å². The van der Waals surface area contributed by atoms with Gasteiger partial charge in [-0.15, -0.1) is 0 Å². The molecule has 6 nitrogen and oxygen atoms in total. The number of hydrogen-bond acceptors (Lipinski definition) is 6. The molecule has 0 aromatic carbocycles. The molecule has 0 saturated carbocycles. The Bertz CT molecular complexity index is 1590. The van der Waals surface area contributed by atoms with Crippen molar-refractivity contribution >= 4 is 17.9 Å². The molecule has 0 bridgehead atoms. The van der Waals surface area contributed by atoms with E-state index in [0.29, 0.717) is 19.3 Å². The molecule has 0 aliphatic rings. The summed E-state index contributed by atoms with van der Waals surface area (Å²) >= 11 is 0. The van der Waals surface area contributed by atoms with Crippen LogP contribution < -0.4 is 0 Å². The minimum Gasteiger partial charge on any atom is -0.462 e. The maximum absolute atomic E-state index is 13.0. The van der Waals surface area contributed by atoms with Gasteiger partial charge in [0.15, 0.2) is 6.10 Å². The maximum atomic E-state index is 13.0. The molecule has 0 saturated heterocycles. The normalized spacial score (nSPS) is 12.7. The lowest BCUT2D eigenvalue weighted by Crippen LogP contribution is -2.30. The van der Waals surface area contributed by atoms with Crippen molar-refractivity contribution in [2.45, 2.75) is 354 Å². The third-order valence-electron chi connectivity index (χ3n) is 15.3. The van der Waals surface area contributed by atoms with Gasteiger partial charge < -0.3 is 14.2 Å². The number of unbranched alkanes of at least 4 members (excludes halogenated alkanes) is 37. The van der Waals surface area contributed by atoms with E-state index in [-0.39, 0.29) is 31.1 Å². The predicted octanol–water partition coefficient (Wildman–Crippen LogP) is 24.4. The van der Waals surface area contributed by atoms with Gasteiger partial charge in [0.05, 0.1) is 0 Å². The van der Waals surface area contributed by atoms with E-state index in [1.165, 1.54) is 199 Å². The number of ether oxygens (including phenoxy) is 3. The van der Waals surface area contributed by atoms with Crippen LogP contribution in [-0.2, 0) is 28.6 Å². The van der Waals surface area contributed by atoms with Gasteiger partial charge in [-0.3, -0.25) is 14.4 Å². The summed E-state index contributed by atoms with van der Waals surface area (Å²) < 4.78 is 17.0. The standard InChI is InChI=1S/C76H132O6/c1-4-7-10-13-16-19-22-25-28-30-32-34-36-37-38-39-41-42-44-46-48-51-54-57-60-63-66-69-75(78)81-72-73(71-80-74(77)68-65-62-59-56-53-50-27-24-21-18-15-12-9-6-3)82-76(79)70-67-64-61-58-55-52-49-47-45-43-40-35-33-31-29-26-23-20-17-14-11-8-5-2/h7,10,15-16,18-19,24-25,27-28,31-34,37-38,73H,4-6,8-9,11-14,17,20-23,26,29-30,35-36,39-72H2,1-3H3/b10-7-,18-15-,19-16-,27-24-,28-25-,33-31-,34-32-,38-37-. The fourth-order valence-electron chi connectivity index (χ4n) is 10.0. The minimum absolute atomic E-state index is 0.0821. The van der Waals surface area contributed by atoms with Crippen LogP contribution in [0.4, 0.5) is 0 Å². The van der Waals surface area contributed by atoms with Crippen LogP contribution >= 0.6 is 0 Å². The van der Waals surface area contributed by atoms with Crippen LogP contribution in [0, 0.1) is 0 Å². The quantitative estimate of drug-likeness (QED) is 0.0261. The topological polar surface area (TPSA) is 78.9 Å². The van der Waals surface area contributed by atoms with Crippen LogP contribution in [0.15, 0.2) is 97.2 Å². The summed E-state index contributed by atoms with van der Waals surface area (Å²) in [6.07, 6.45) is 94.3. The largest absolute Gasteiger partial charge is 0.462 e. The smallest absolute Gasteiger partial charge is 0.306 e. The molecule has 0 aliphatic carbocycles. The van der Waals surface area contributed by atoms with Crippen molar-refractivity contribution in [1.29, 1.82) is 0 Å². The van der Waals surface area contributed by atoms with Gasteiger partial charge in [-0.1, -0.05) is 311 Å². The van der Waals surface area contributed by atoms with Crippen LogP contribution in [0.25, 0.3) is 0 Å². The number of hydrogen-bond donors (Lipinski definition) is 0. The number of esters is 3. The highest BCUT2D eigenvalue weighted by Crippen LogP contribution is 2.17. The molecule has 0 fully saturated rings. The van der Waals surface area contributed by atoms with Crippen molar-refractivity contribution in [1.82, 2.24) is 0 Å². The number of allylic oxidation sites excluding steroid dienone is 16. The Morgan fingerprint density at radius 1 is 0.256 bits per heavy atom. The summed E-state index contributed by atoms with van der Waals surface area (Å²) in [6.45, 7) is 6.51. The van der Waals surface area contributed by atoms with Gasteiger partial charge in [0, 0.05) is 19.3 Å². The van der Waals surface area contributed by atoms with E-state index in [9.17, 15) is 14.4 Å². The molecule has 0 radical (unpaired) electrons. The first-order valence-corrected chi connectivity index (χ1v) is 35.2. The number of rotatable bonds is 64. The molecule has 6 heteroatoms. The SMILES string of the molecule is CC/C=C\C/C=C\C/C=C\C/C=C\C/C=C\CCCCCCCCCCCCCC(=O)OCC(COC(=O)CCCCCCC/C=C\C/C=C\CCCC)OC(=O)CCCCCCCCCCCCC/C=C\CCCCCCCCCC. The average Bonchev–Trinajstić information content (AvgIpc) is 3.48. The molecule has 0 aromatic heterocycles. The van der Waals surface area contributed by atoms with E-state index < -0.39 is 6.10 Å². The van der Waals surface area contributed by atoms with Crippen molar-refractivity contribution in [3.8, 4) is 0 Å². The summed E-state index contributed by atoms with van der Waals surface area (Å²) in [5.74, 6) is -0.884. The predicted molar refractivity (Wildman–Crippen MR) is 357 cm³/mol. The van der Waals surface area contributed by atoms with Gasteiger partial charge in [0.25, 0.3) is 0 Å². The summed E-state index contributed by atoms with van der Waals surface area (Å²) in [7, 11) is 0. The lowest BCUT2D eigenvalue weighted by molar-refractivity contribution is -0.167. The molecule has 0 N–H and O–H groups in total. The monoisotopic (exact) mass is 1140 g/mol. The van der Waals surface area contributed by atoms with Gasteiger partial charge in [0.1, 0.15) is 13.2 Å². The molecule has 82 heavy (non-hydrogen) atoms. The first kappa shape index (κ1) is 78.3. The average molecular weight is 1140 g/mol. The zero-order valence-corrected chi connectivity index (χ0v) is 54.2. The van der Waals surface area contributed by atoms with Gasteiger partial charge in [0.2, 0.25) is 0 Å². The van der Waals surface area contributed by atoms with Crippen LogP contribution in [-0.4, -0.2) is 37.2 Å². The Kier molecular flexibility index (Phi) is 66.7. The van der Waals surface area contributed by atoms with Crippen LogP contribution in [0.1, 0.15) is 348 Å². The van der Waals surface area contributed by atoms with E-state index in [1.54, 1.807) is 0 Å². The molecule has 0 heterocycles. The van der Waals surface area contributed by atoms with Crippen LogP contribution in [0.3, 0.4) is 0 Å². The second kappa shape index (κ2) is 69.8. The Labute approximate surface area is 508 Å². The lowest BCUT2D eigenvalue weighted by atomic mass is 10.0. The molecule has 472 valence electrons. The van der Waals surface area contributed by atoms with E-state index in [0.717, 1.165) is 109 Å². The molecular weight excluding hydrogens is 1010 g/mol. The van der Waals surface area contributed by atoms with Crippen molar-refractivity contribution in [2.75, 3.05) is 13.2 Å². The molecule has 0 spiro atoms. The van der Waals surface area contributed by atoms with Gasteiger partial charge in [-0.05, 0) is 116 Å². The van der Waals surface area contributed by atoms with E-state index in [1.807, 2.05) is 0 Å². The van der Waals surface area contributed by atoms with Crippen LogP contribution in [0.5, 0.6) is 0 Å². The Hall–Kier alpha value is -3.67. The highest BCUT2D eigenvalue weighted by molar-refractivity contribution is 5.71. The highest BCUT2D eigenvalue weighted by atomic mass is 16.6. The molecule has 1 atom stereocenters. The fraction of sp³-hybridized carbons (Fsp3) is 0.750. The Balaban J connectivity index is 4.31.